The minimum absolute atomic E-state index is 0.108. The van der Waals surface area contributed by atoms with Gasteiger partial charge < -0.3 is 9.84 Å². The van der Waals surface area contributed by atoms with E-state index in [9.17, 15) is 4.79 Å². The quantitative estimate of drug-likeness (QED) is 0.690. The summed E-state index contributed by atoms with van der Waals surface area (Å²) in [5, 5.41) is 7.20. The molecule has 0 radical (unpaired) electrons. The van der Waals surface area contributed by atoms with E-state index in [1.807, 2.05) is 36.0 Å². The Morgan fingerprint density at radius 1 is 1.24 bits per heavy atom. The zero-order valence-electron chi connectivity index (χ0n) is 17.9. The van der Waals surface area contributed by atoms with E-state index < -0.39 is 0 Å². The first-order valence-corrected chi connectivity index (χ1v) is 11.3. The van der Waals surface area contributed by atoms with Gasteiger partial charge in [-0.15, -0.1) is 0 Å². The van der Waals surface area contributed by atoms with Crippen LogP contribution in [0, 0.1) is 12.8 Å². The van der Waals surface area contributed by atoms with E-state index in [0.29, 0.717) is 18.3 Å². The molecule has 1 N–H and O–H groups in total. The van der Waals surface area contributed by atoms with Crippen LogP contribution in [0.1, 0.15) is 45.1 Å². The summed E-state index contributed by atoms with van der Waals surface area (Å²) in [6, 6.07) is 8.11. The highest BCUT2D eigenvalue weighted by Gasteiger charge is 2.26. The van der Waals surface area contributed by atoms with Crippen LogP contribution in [0.5, 0.6) is 0 Å². The van der Waals surface area contributed by atoms with Gasteiger partial charge in [-0.05, 0) is 32.9 Å². The fourth-order valence-corrected chi connectivity index (χ4v) is 4.18. The van der Waals surface area contributed by atoms with Crippen LogP contribution < -0.4 is 5.32 Å². The summed E-state index contributed by atoms with van der Waals surface area (Å²) in [7, 11) is 0. The summed E-state index contributed by atoms with van der Waals surface area (Å²) < 4.78 is 5.68. The maximum Gasteiger partial charge on any atom is 0.241 e. The van der Waals surface area contributed by atoms with Crippen LogP contribution in [0.25, 0.3) is 11.4 Å². The number of nitrogens with one attached hydrogen (secondary N) is 1. The van der Waals surface area contributed by atoms with Crippen LogP contribution >= 0.6 is 11.8 Å². The molecule has 29 heavy (non-hydrogen) atoms. The Bertz CT molecular complexity index is 790. The Kier molecular flexibility index (Phi) is 7.35. The summed E-state index contributed by atoms with van der Waals surface area (Å²) in [6.45, 7) is 11.8. The predicted octanol–water partition coefficient (Wildman–Crippen LogP) is 3.90. The normalized spacial score (nSPS) is 16.1. The summed E-state index contributed by atoms with van der Waals surface area (Å²) in [6.07, 6.45) is 1.74. The number of likely N-dealkylation sites (tertiary alicyclic amines) is 1. The molecule has 0 atom stereocenters. The number of nitrogens with zero attached hydrogens (tertiary/aromatic N) is 3. The van der Waals surface area contributed by atoms with Crippen LogP contribution in [0.2, 0.25) is 0 Å². The zero-order valence-corrected chi connectivity index (χ0v) is 18.7. The Labute approximate surface area is 177 Å². The van der Waals surface area contributed by atoms with Gasteiger partial charge in [-0.25, -0.2) is 0 Å². The molecule has 6 nitrogen and oxygen atoms in total. The summed E-state index contributed by atoms with van der Waals surface area (Å²) in [5.74, 6) is 2.51. The molecule has 158 valence electrons. The van der Waals surface area contributed by atoms with Gasteiger partial charge in [0.05, 0.1) is 6.54 Å². The van der Waals surface area contributed by atoms with Gasteiger partial charge in [-0.2, -0.15) is 16.7 Å². The van der Waals surface area contributed by atoms with Gasteiger partial charge >= 0.3 is 0 Å². The van der Waals surface area contributed by atoms with Crippen molar-refractivity contribution >= 4 is 17.7 Å². The number of aryl methyl sites for hydroxylation is 1. The average molecular weight is 417 g/mol. The molecule has 0 unspecified atom stereocenters. The number of hydrogen-bond donors (Lipinski definition) is 1. The Hall–Kier alpha value is -1.86. The van der Waals surface area contributed by atoms with Crippen molar-refractivity contribution in [1.29, 1.82) is 0 Å². The molecule has 1 aliphatic rings. The highest BCUT2D eigenvalue weighted by molar-refractivity contribution is 8.00. The van der Waals surface area contributed by atoms with Crippen molar-refractivity contribution < 1.29 is 9.32 Å². The van der Waals surface area contributed by atoms with Crippen molar-refractivity contribution in [3.63, 3.8) is 0 Å². The second kappa shape index (κ2) is 9.76. The highest BCUT2D eigenvalue weighted by Crippen LogP contribution is 2.23. The maximum atomic E-state index is 12.4. The van der Waals surface area contributed by atoms with Crippen molar-refractivity contribution in [3.05, 3.63) is 35.7 Å². The molecule has 1 aliphatic heterocycles. The molecule has 2 heterocycles. The second-order valence-electron chi connectivity index (χ2n) is 8.68. The standard InChI is InChI=1S/C22H32N4O2S/c1-16-5-7-17(8-6-16)20-24-19(28-25-20)15-26-12-9-18(10-13-26)21(27)23-11-14-29-22(2,3)4/h5-8,18H,9-15H2,1-4H3,(H,23,27). The fourth-order valence-electron chi connectivity index (χ4n) is 3.36. The van der Waals surface area contributed by atoms with E-state index in [4.69, 9.17) is 4.52 Å². The van der Waals surface area contributed by atoms with Crippen LogP contribution in [-0.4, -0.2) is 51.1 Å². The molecule has 1 aromatic heterocycles. The number of thioether (sulfide) groups is 1. The minimum Gasteiger partial charge on any atom is -0.355 e. The number of rotatable bonds is 7. The summed E-state index contributed by atoms with van der Waals surface area (Å²) >= 11 is 1.88. The molecule has 1 fully saturated rings. The average Bonchev–Trinajstić information content (AvgIpc) is 3.14. The van der Waals surface area contributed by atoms with Crippen LogP contribution in [0.4, 0.5) is 0 Å². The molecule has 2 aromatic rings. The van der Waals surface area contributed by atoms with Gasteiger partial charge in [0.25, 0.3) is 0 Å². The first kappa shape index (κ1) is 21.8. The van der Waals surface area contributed by atoms with E-state index in [1.54, 1.807) is 0 Å². The molecule has 1 amide bonds. The number of benzene rings is 1. The third-order valence-electron chi connectivity index (χ3n) is 5.03. The van der Waals surface area contributed by atoms with Crippen molar-refractivity contribution in [3.8, 4) is 11.4 Å². The number of carbonyl (C=O) groups excluding carboxylic acids is 1. The van der Waals surface area contributed by atoms with E-state index in [1.165, 1.54) is 5.56 Å². The van der Waals surface area contributed by atoms with E-state index >= 15 is 0 Å². The molecule has 0 spiro atoms. The minimum atomic E-state index is 0.108. The smallest absolute Gasteiger partial charge is 0.241 e. The molecule has 3 rings (SSSR count). The van der Waals surface area contributed by atoms with Crippen molar-refractivity contribution in [2.45, 2.75) is 51.8 Å². The van der Waals surface area contributed by atoms with E-state index in [2.05, 4.69) is 48.1 Å². The molecule has 0 bridgehead atoms. The summed E-state index contributed by atoms with van der Waals surface area (Å²) in [4.78, 5) is 19.2. The lowest BCUT2D eigenvalue weighted by atomic mass is 9.96. The van der Waals surface area contributed by atoms with Gasteiger partial charge in [0, 0.05) is 28.5 Å². The summed E-state index contributed by atoms with van der Waals surface area (Å²) in [5.41, 5.74) is 2.17. The first-order chi connectivity index (χ1) is 13.8. The molecule has 1 saturated heterocycles. The van der Waals surface area contributed by atoms with Gasteiger partial charge in [-0.3, -0.25) is 9.69 Å². The van der Waals surface area contributed by atoms with Crippen LogP contribution in [0.15, 0.2) is 28.8 Å². The third kappa shape index (κ3) is 6.85. The number of hydrogen-bond acceptors (Lipinski definition) is 6. The second-order valence-corrected chi connectivity index (χ2v) is 10.6. The molecular formula is C22H32N4O2S. The lowest BCUT2D eigenvalue weighted by Crippen LogP contribution is -2.40. The topological polar surface area (TPSA) is 71.3 Å². The Balaban J connectivity index is 1.41. The maximum absolute atomic E-state index is 12.4. The van der Waals surface area contributed by atoms with Crippen molar-refractivity contribution in [2.75, 3.05) is 25.4 Å². The zero-order chi connectivity index (χ0) is 20.9. The molecule has 0 saturated carbocycles. The highest BCUT2D eigenvalue weighted by atomic mass is 32.2. The van der Waals surface area contributed by atoms with Gasteiger partial charge in [0.1, 0.15) is 0 Å². The van der Waals surface area contributed by atoms with Crippen LogP contribution in [-0.2, 0) is 11.3 Å². The van der Waals surface area contributed by atoms with Gasteiger partial charge in [0.15, 0.2) is 0 Å². The molecule has 7 heteroatoms. The number of piperidine rings is 1. The Morgan fingerprint density at radius 3 is 2.59 bits per heavy atom. The first-order valence-electron chi connectivity index (χ1n) is 10.3. The van der Waals surface area contributed by atoms with E-state index in [-0.39, 0.29) is 16.6 Å². The molecular weight excluding hydrogens is 384 g/mol. The number of aromatic nitrogens is 2. The van der Waals surface area contributed by atoms with Crippen LogP contribution in [0.3, 0.4) is 0 Å². The number of carbonyl (C=O) groups is 1. The SMILES string of the molecule is Cc1ccc(-c2noc(CN3CCC(C(=O)NCCSC(C)(C)C)CC3)n2)cc1. The Morgan fingerprint density at radius 2 is 1.93 bits per heavy atom. The monoisotopic (exact) mass is 416 g/mol. The lowest BCUT2D eigenvalue weighted by molar-refractivity contribution is -0.126. The molecule has 1 aromatic carbocycles. The van der Waals surface area contributed by atoms with Crippen molar-refractivity contribution in [2.24, 2.45) is 5.92 Å². The predicted molar refractivity (Wildman–Crippen MR) is 118 cm³/mol. The van der Waals surface area contributed by atoms with Crippen molar-refractivity contribution in [1.82, 2.24) is 20.4 Å². The lowest BCUT2D eigenvalue weighted by Gasteiger charge is -2.30. The fraction of sp³-hybridized carbons (Fsp3) is 0.591. The van der Waals surface area contributed by atoms with Gasteiger partial charge in [-0.1, -0.05) is 55.8 Å². The number of amides is 1. The largest absolute Gasteiger partial charge is 0.355 e. The van der Waals surface area contributed by atoms with E-state index in [0.717, 1.165) is 43.8 Å². The van der Waals surface area contributed by atoms with Gasteiger partial charge in [0.2, 0.25) is 17.6 Å². The molecule has 0 aliphatic carbocycles. The third-order valence-corrected chi connectivity index (χ3v) is 6.31.